The summed E-state index contributed by atoms with van der Waals surface area (Å²) in [5.41, 5.74) is 7.54. The molecule has 0 fully saturated rings. The van der Waals surface area contributed by atoms with E-state index >= 15 is 0 Å². The Kier molecular flexibility index (Phi) is 3.05. The minimum Gasteiger partial charge on any atom is -0.399 e. The average Bonchev–Trinajstić information content (AvgIpc) is 2.47. The SMILES string of the molecule is Nc1cccc(C(=O)Nc2ccc3cnccc3c2)c1. The van der Waals surface area contributed by atoms with Crippen LogP contribution < -0.4 is 11.1 Å². The van der Waals surface area contributed by atoms with Crippen molar-refractivity contribution in [3.63, 3.8) is 0 Å². The van der Waals surface area contributed by atoms with E-state index in [1.807, 2.05) is 24.3 Å². The van der Waals surface area contributed by atoms with Gasteiger partial charge in [0.1, 0.15) is 0 Å². The molecule has 0 aliphatic heterocycles. The van der Waals surface area contributed by atoms with Crippen LogP contribution in [-0.2, 0) is 0 Å². The van der Waals surface area contributed by atoms with Gasteiger partial charge in [-0.05, 0) is 41.8 Å². The number of nitrogens with two attached hydrogens (primary N) is 1. The summed E-state index contributed by atoms with van der Waals surface area (Å²) in [6.07, 6.45) is 3.52. The van der Waals surface area contributed by atoms with E-state index in [9.17, 15) is 4.79 Å². The highest BCUT2D eigenvalue weighted by Gasteiger charge is 2.06. The van der Waals surface area contributed by atoms with Crippen LogP contribution in [-0.4, -0.2) is 10.9 Å². The van der Waals surface area contributed by atoms with Gasteiger partial charge in [-0.2, -0.15) is 0 Å². The van der Waals surface area contributed by atoms with Gasteiger partial charge in [0.05, 0.1) is 0 Å². The number of carbonyl (C=O) groups is 1. The minimum atomic E-state index is -0.175. The van der Waals surface area contributed by atoms with Crippen molar-refractivity contribution in [3.05, 3.63) is 66.5 Å². The summed E-state index contributed by atoms with van der Waals surface area (Å²) in [6, 6.07) is 14.5. The van der Waals surface area contributed by atoms with Gasteiger partial charge in [-0.3, -0.25) is 9.78 Å². The van der Waals surface area contributed by atoms with Crippen LogP contribution >= 0.6 is 0 Å². The Labute approximate surface area is 116 Å². The van der Waals surface area contributed by atoms with Crippen LogP contribution in [0.15, 0.2) is 60.9 Å². The molecule has 98 valence electrons. The van der Waals surface area contributed by atoms with E-state index in [1.165, 1.54) is 0 Å². The molecule has 0 radical (unpaired) electrons. The van der Waals surface area contributed by atoms with Crippen LogP contribution in [0, 0.1) is 0 Å². The fourth-order valence-electron chi connectivity index (χ4n) is 2.04. The fourth-order valence-corrected chi connectivity index (χ4v) is 2.04. The van der Waals surface area contributed by atoms with Gasteiger partial charge in [0.2, 0.25) is 0 Å². The third kappa shape index (κ3) is 2.44. The highest BCUT2D eigenvalue weighted by atomic mass is 16.1. The van der Waals surface area contributed by atoms with Gasteiger partial charge in [-0.15, -0.1) is 0 Å². The highest BCUT2D eigenvalue weighted by molar-refractivity contribution is 6.05. The monoisotopic (exact) mass is 263 g/mol. The number of fused-ring (bicyclic) bond motifs is 1. The molecule has 0 unspecified atom stereocenters. The van der Waals surface area contributed by atoms with Crippen molar-refractivity contribution in [1.29, 1.82) is 0 Å². The van der Waals surface area contributed by atoms with E-state index in [0.29, 0.717) is 11.3 Å². The standard InChI is InChI=1S/C16H13N3O/c17-14-3-1-2-12(8-14)16(20)19-15-5-4-13-10-18-7-6-11(13)9-15/h1-10H,17H2,(H,19,20). The predicted molar refractivity (Wildman–Crippen MR) is 80.6 cm³/mol. The van der Waals surface area contributed by atoms with Crippen molar-refractivity contribution in [2.45, 2.75) is 0 Å². The number of hydrogen-bond donors (Lipinski definition) is 2. The summed E-state index contributed by atoms with van der Waals surface area (Å²) in [6.45, 7) is 0. The number of carbonyl (C=O) groups excluding carboxylic acids is 1. The predicted octanol–water partition coefficient (Wildman–Crippen LogP) is 3.07. The first-order valence-corrected chi connectivity index (χ1v) is 6.23. The van der Waals surface area contributed by atoms with Crippen LogP contribution in [0.2, 0.25) is 0 Å². The number of rotatable bonds is 2. The number of anilines is 2. The second-order valence-corrected chi connectivity index (χ2v) is 4.52. The van der Waals surface area contributed by atoms with E-state index in [1.54, 1.807) is 36.7 Å². The Morgan fingerprint density at radius 3 is 2.80 bits per heavy atom. The summed E-state index contributed by atoms with van der Waals surface area (Å²) in [4.78, 5) is 16.2. The van der Waals surface area contributed by atoms with Crippen molar-refractivity contribution in [1.82, 2.24) is 4.98 Å². The van der Waals surface area contributed by atoms with Gasteiger partial charge in [0.25, 0.3) is 5.91 Å². The van der Waals surface area contributed by atoms with E-state index in [-0.39, 0.29) is 5.91 Å². The zero-order chi connectivity index (χ0) is 13.9. The molecule has 4 heteroatoms. The summed E-state index contributed by atoms with van der Waals surface area (Å²) < 4.78 is 0. The van der Waals surface area contributed by atoms with E-state index in [4.69, 9.17) is 5.73 Å². The summed E-state index contributed by atoms with van der Waals surface area (Å²) >= 11 is 0. The number of benzene rings is 2. The van der Waals surface area contributed by atoms with Gasteiger partial charge in [-0.25, -0.2) is 0 Å². The maximum absolute atomic E-state index is 12.1. The zero-order valence-electron chi connectivity index (χ0n) is 10.7. The molecule has 0 aliphatic rings. The number of nitrogen functional groups attached to an aromatic ring is 1. The van der Waals surface area contributed by atoms with Crippen LogP contribution in [0.25, 0.3) is 10.8 Å². The van der Waals surface area contributed by atoms with Crippen molar-refractivity contribution in [2.75, 3.05) is 11.1 Å². The van der Waals surface area contributed by atoms with Crippen molar-refractivity contribution < 1.29 is 4.79 Å². The Morgan fingerprint density at radius 2 is 1.95 bits per heavy atom. The molecule has 3 rings (SSSR count). The maximum atomic E-state index is 12.1. The Balaban J connectivity index is 1.87. The molecule has 4 nitrogen and oxygen atoms in total. The molecule has 1 heterocycles. The van der Waals surface area contributed by atoms with Gasteiger partial charge in [0, 0.05) is 34.7 Å². The second kappa shape index (κ2) is 5.01. The Morgan fingerprint density at radius 1 is 1.05 bits per heavy atom. The lowest BCUT2D eigenvalue weighted by molar-refractivity contribution is 0.102. The quantitative estimate of drug-likeness (QED) is 0.698. The second-order valence-electron chi connectivity index (χ2n) is 4.52. The lowest BCUT2D eigenvalue weighted by Gasteiger charge is -2.07. The van der Waals surface area contributed by atoms with E-state index in [2.05, 4.69) is 10.3 Å². The molecule has 0 spiro atoms. The molecular formula is C16H13N3O. The molecule has 1 aromatic heterocycles. The van der Waals surface area contributed by atoms with Crippen LogP contribution in [0.3, 0.4) is 0 Å². The van der Waals surface area contributed by atoms with Crippen LogP contribution in [0.1, 0.15) is 10.4 Å². The molecule has 0 saturated carbocycles. The molecule has 2 aromatic carbocycles. The summed E-state index contributed by atoms with van der Waals surface area (Å²) in [5, 5.41) is 4.93. The smallest absolute Gasteiger partial charge is 0.255 e. The summed E-state index contributed by atoms with van der Waals surface area (Å²) in [7, 11) is 0. The molecule has 3 N–H and O–H groups in total. The van der Waals surface area contributed by atoms with Gasteiger partial charge < -0.3 is 11.1 Å². The Hall–Kier alpha value is -2.88. The van der Waals surface area contributed by atoms with Crippen molar-refractivity contribution >= 4 is 28.1 Å². The first-order valence-electron chi connectivity index (χ1n) is 6.23. The first kappa shape index (κ1) is 12.2. The fraction of sp³-hybridized carbons (Fsp3) is 0. The third-order valence-corrected chi connectivity index (χ3v) is 3.05. The first-order chi connectivity index (χ1) is 9.72. The topological polar surface area (TPSA) is 68.0 Å². The van der Waals surface area contributed by atoms with Crippen LogP contribution in [0.4, 0.5) is 11.4 Å². The van der Waals surface area contributed by atoms with Gasteiger partial charge >= 0.3 is 0 Å². The average molecular weight is 263 g/mol. The molecule has 0 bridgehead atoms. The van der Waals surface area contributed by atoms with E-state index < -0.39 is 0 Å². The highest BCUT2D eigenvalue weighted by Crippen LogP contribution is 2.19. The Bertz CT molecular complexity index is 783. The summed E-state index contributed by atoms with van der Waals surface area (Å²) in [5.74, 6) is -0.175. The minimum absolute atomic E-state index is 0.175. The molecular weight excluding hydrogens is 250 g/mol. The largest absolute Gasteiger partial charge is 0.399 e. The third-order valence-electron chi connectivity index (χ3n) is 3.05. The molecule has 0 aliphatic carbocycles. The van der Waals surface area contributed by atoms with Crippen molar-refractivity contribution in [3.8, 4) is 0 Å². The normalized spacial score (nSPS) is 10.4. The number of nitrogens with zero attached hydrogens (tertiary/aromatic N) is 1. The number of hydrogen-bond acceptors (Lipinski definition) is 3. The maximum Gasteiger partial charge on any atom is 0.255 e. The van der Waals surface area contributed by atoms with E-state index in [0.717, 1.165) is 16.5 Å². The molecule has 3 aromatic rings. The lowest BCUT2D eigenvalue weighted by Crippen LogP contribution is -2.12. The molecule has 1 amide bonds. The van der Waals surface area contributed by atoms with Crippen LogP contribution in [0.5, 0.6) is 0 Å². The van der Waals surface area contributed by atoms with Gasteiger partial charge in [0.15, 0.2) is 0 Å². The molecule has 0 atom stereocenters. The zero-order valence-corrected chi connectivity index (χ0v) is 10.7. The molecule has 20 heavy (non-hydrogen) atoms. The number of amides is 1. The molecule has 0 saturated heterocycles. The lowest BCUT2D eigenvalue weighted by atomic mass is 10.1. The van der Waals surface area contributed by atoms with Gasteiger partial charge in [-0.1, -0.05) is 12.1 Å². The van der Waals surface area contributed by atoms with Crippen molar-refractivity contribution in [2.24, 2.45) is 0 Å². The number of nitrogens with one attached hydrogen (secondary N) is 1. The number of aromatic nitrogens is 1. The number of pyridine rings is 1.